The van der Waals surface area contributed by atoms with Crippen molar-refractivity contribution in [2.45, 2.75) is 39.7 Å². The molecule has 25 heavy (non-hydrogen) atoms. The fourth-order valence-electron chi connectivity index (χ4n) is 3.15. The minimum absolute atomic E-state index is 0. The molecular formula is C21H26ClN3. The Morgan fingerprint density at radius 2 is 1.72 bits per heavy atom. The summed E-state index contributed by atoms with van der Waals surface area (Å²) in [5, 5.41) is 1.22. The van der Waals surface area contributed by atoms with Crippen molar-refractivity contribution in [2.24, 2.45) is 11.7 Å². The first-order chi connectivity index (χ1) is 11.6. The van der Waals surface area contributed by atoms with Crippen molar-refractivity contribution in [2.75, 3.05) is 0 Å². The van der Waals surface area contributed by atoms with Crippen molar-refractivity contribution in [1.29, 1.82) is 0 Å². The molecule has 3 aromatic rings. The maximum atomic E-state index is 6.36. The third kappa shape index (κ3) is 4.36. The van der Waals surface area contributed by atoms with Crippen LogP contribution in [0, 0.1) is 5.92 Å². The molecule has 0 radical (unpaired) electrons. The minimum atomic E-state index is -0.000394. The van der Waals surface area contributed by atoms with E-state index < -0.39 is 0 Å². The molecule has 0 bridgehead atoms. The van der Waals surface area contributed by atoms with E-state index in [0.717, 1.165) is 24.1 Å². The highest BCUT2D eigenvalue weighted by molar-refractivity contribution is 5.87. The molecule has 0 aliphatic rings. The molecule has 1 unspecified atom stereocenters. The van der Waals surface area contributed by atoms with Crippen molar-refractivity contribution in [1.82, 2.24) is 9.97 Å². The van der Waals surface area contributed by atoms with Crippen molar-refractivity contribution in [3.63, 3.8) is 0 Å². The molecule has 0 aliphatic carbocycles. The zero-order valence-corrected chi connectivity index (χ0v) is 15.9. The number of nitrogens with zero attached hydrogens (tertiary/aromatic N) is 2. The first-order valence-corrected chi connectivity index (χ1v) is 8.68. The van der Waals surface area contributed by atoms with Crippen LogP contribution in [0.2, 0.25) is 0 Å². The minimum Gasteiger partial charge on any atom is -0.323 e. The van der Waals surface area contributed by atoms with Crippen LogP contribution < -0.4 is 5.73 Å². The normalized spacial score (nSPS) is 12.2. The smallest absolute Gasteiger partial charge is 0.0709 e. The Bertz CT molecular complexity index is 831. The zero-order valence-electron chi connectivity index (χ0n) is 15.1. The molecule has 2 aromatic heterocycles. The van der Waals surface area contributed by atoms with Crippen LogP contribution in [0.4, 0.5) is 0 Å². The highest BCUT2D eigenvalue weighted by atomic mass is 35.5. The predicted molar refractivity (Wildman–Crippen MR) is 108 cm³/mol. The quantitative estimate of drug-likeness (QED) is 0.673. The van der Waals surface area contributed by atoms with Crippen molar-refractivity contribution in [3.8, 4) is 11.1 Å². The number of rotatable bonds is 5. The number of hydrogen-bond donors (Lipinski definition) is 1. The SMILES string of the molecule is CCc1cc(C(N)CC(C)C)nc2ccc(-c3ccncc3)cc12.Cl. The Labute approximate surface area is 156 Å². The summed E-state index contributed by atoms with van der Waals surface area (Å²) < 4.78 is 0. The molecule has 3 nitrogen and oxygen atoms in total. The lowest BCUT2D eigenvalue weighted by Crippen LogP contribution is -2.15. The second kappa shape index (κ2) is 8.41. The number of hydrogen-bond acceptors (Lipinski definition) is 3. The molecule has 3 rings (SSSR count). The molecule has 1 aromatic carbocycles. The molecule has 2 N–H and O–H groups in total. The third-order valence-corrected chi connectivity index (χ3v) is 4.41. The second-order valence-electron chi connectivity index (χ2n) is 6.76. The van der Waals surface area contributed by atoms with Gasteiger partial charge in [0.2, 0.25) is 0 Å². The van der Waals surface area contributed by atoms with Crippen molar-refractivity contribution < 1.29 is 0 Å². The highest BCUT2D eigenvalue weighted by Gasteiger charge is 2.13. The van der Waals surface area contributed by atoms with Gasteiger partial charge < -0.3 is 5.73 Å². The number of aromatic nitrogens is 2. The molecule has 132 valence electrons. The topological polar surface area (TPSA) is 51.8 Å². The van der Waals surface area contributed by atoms with E-state index in [-0.39, 0.29) is 18.4 Å². The first kappa shape index (κ1) is 19.4. The Kier molecular flexibility index (Phi) is 6.51. The third-order valence-electron chi connectivity index (χ3n) is 4.41. The van der Waals surface area contributed by atoms with Crippen LogP contribution in [0.25, 0.3) is 22.0 Å². The van der Waals surface area contributed by atoms with Gasteiger partial charge in [0, 0.05) is 23.8 Å². The lowest BCUT2D eigenvalue weighted by molar-refractivity contribution is 0.503. The largest absolute Gasteiger partial charge is 0.323 e. The van der Waals surface area contributed by atoms with Gasteiger partial charge >= 0.3 is 0 Å². The van der Waals surface area contributed by atoms with Gasteiger partial charge in [0.05, 0.1) is 11.2 Å². The molecule has 1 atom stereocenters. The molecular weight excluding hydrogens is 330 g/mol. The maximum absolute atomic E-state index is 6.36. The van der Waals surface area contributed by atoms with E-state index in [1.165, 1.54) is 22.1 Å². The monoisotopic (exact) mass is 355 g/mol. The van der Waals surface area contributed by atoms with Gasteiger partial charge in [-0.15, -0.1) is 12.4 Å². The fourth-order valence-corrected chi connectivity index (χ4v) is 3.15. The molecule has 0 saturated heterocycles. The lowest BCUT2D eigenvalue weighted by atomic mass is 9.96. The van der Waals surface area contributed by atoms with Crippen molar-refractivity contribution >= 4 is 23.3 Å². The first-order valence-electron chi connectivity index (χ1n) is 8.68. The summed E-state index contributed by atoms with van der Waals surface area (Å²) in [4.78, 5) is 8.93. The van der Waals surface area contributed by atoms with Gasteiger partial charge in [-0.05, 0) is 65.8 Å². The van der Waals surface area contributed by atoms with E-state index in [9.17, 15) is 0 Å². The van der Waals surface area contributed by atoms with Gasteiger partial charge in [0.15, 0.2) is 0 Å². The van der Waals surface area contributed by atoms with Crippen LogP contribution in [0.1, 0.15) is 44.5 Å². The number of halogens is 1. The average molecular weight is 356 g/mol. The summed E-state index contributed by atoms with van der Waals surface area (Å²) in [6.45, 7) is 6.58. The Balaban J connectivity index is 0.00000225. The summed E-state index contributed by atoms with van der Waals surface area (Å²) in [5.74, 6) is 0.566. The number of pyridine rings is 2. The van der Waals surface area contributed by atoms with Crippen LogP contribution in [-0.2, 0) is 6.42 Å². The van der Waals surface area contributed by atoms with Gasteiger partial charge in [-0.1, -0.05) is 26.8 Å². The molecule has 0 saturated carbocycles. The second-order valence-corrected chi connectivity index (χ2v) is 6.76. The van der Waals surface area contributed by atoms with Gasteiger partial charge in [0.25, 0.3) is 0 Å². The van der Waals surface area contributed by atoms with Crippen LogP contribution in [-0.4, -0.2) is 9.97 Å². The number of benzene rings is 1. The summed E-state index contributed by atoms with van der Waals surface area (Å²) in [5.41, 5.74) is 12.1. The van der Waals surface area contributed by atoms with E-state index in [4.69, 9.17) is 10.7 Å². The van der Waals surface area contributed by atoms with Crippen LogP contribution in [0.5, 0.6) is 0 Å². The number of fused-ring (bicyclic) bond motifs is 1. The fraction of sp³-hybridized carbons (Fsp3) is 0.333. The van der Waals surface area contributed by atoms with Crippen LogP contribution >= 0.6 is 12.4 Å². The molecule has 0 amide bonds. The summed E-state index contributed by atoms with van der Waals surface area (Å²) in [6.07, 6.45) is 5.58. The average Bonchev–Trinajstić information content (AvgIpc) is 2.60. The van der Waals surface area contributed by atoms with E-state index in [2.05, 4.69) is 50.0 Å². The van der Waals surface area contributed by atoms with Gasteiger partial charge in [-0.25, -0.2) is 0 Å². The maximum Gasteiger partial charge on any atom is 0.0709 e. The Morgan fingerprint density at radius 1 is 1.00 bits per heavy atom. The van der Waals surface area contributed by atoms with Crippen molar-refractivity contribution in [3.05, 3.63) is 60.0 Å². The molecule has 0 fully saturated rings. The standard InChI is InChI=1S/C21H25N3.ClH/c1-4-15-13-21(19(22)11-14(2)3)24-20-6-5-17(12-18(15)20)16-7-9-23-10-8-16;/h5-10,12-14,19H,4,11,22H2,1-3H3;1H. The van der Waals surface area contributed by atoms with Gasteiger partial charge in [0.1, 0.15) is 0 Å². The van der Waals surface area contributed by atoms with E-state index >= 15 is 0 Å². The summed E-state index contributed by atoms with van der Waals surface area (Å²) >= 11 is 0. The Hall–Kier alpha value is -1.97. The summed E-state index contributed by atoms with van der Waals surface area (Å²) in [7, 11) is 0. The zero-order chi connectivity index (χ0) is 17.1. The van der Waals surface area contributed by atoms with E-state index in [1.54, 1.807) is 0 Å². The van der Waals surface area contributed by atoms with Gasteiger partial charge in [-0.3, -0.25) is 9.97 Å². The van der Waals surface area contributed by atoms with Crippen LogP contribution in [0.3, 0.4) is 0 Å². The number of aryl methyl sites for hydroxylation is 1. The summed E-state index contributed by atoms with van der Waals surface area (Å²) in [6, 6.07) is 12.7. The Morgan fingerprint density at radius 3 is 2.36 bits per heavy atom. The van der Waals surface area contributed by atoms with Gasteiger partial charge in [-0.2, -0.15) is 0 Å². The molecule has 2 heterocycles. The van der Waals surface area contributed by atoms with E-state index in [1.807, 2.05) is 24.5 Å². The number of nitrogens with two attached hydrogens (primary N) is 1. The molecule has 0 spiro atoms. The van der Waals surface area contributed by atoms with Crippen LogP contribution in [0.15, 0.2) is 48.8 Å². The lowest BCUT2D eigenvalue weighted by Gasteiger charge is -2.16. The highest BCUT2D eigenvalue weighted by Crippen LogP contribution is 2.28. The molecule has 4 heteroatoms. The molecule has 0 aliphatic heterocycles. The van der Waals surface area contributed by atoms with E-state index in [0.29, 0.717) is 5.92 Å². The predicted octanol–water partition coefficient (Wildman–Crippen LogP) is 5.33.